The predicted molar refractivity (Wildman–Crippen MR) is 112 cm³/mol. The van der Waals surface area contributed by atoms with Gasteiger partial charge in [-0.05, 0) is 56.5 Å². The van der Waals surface area contributed by atoms with Gasteiger partial charge in [0.2, 0.25) is 5.88 Å². The van der Waals surface area contributed by atoms with Crippen molar-refractivity contribution in [3.05, 3.63) is 64.0 Å². The van der Waals surface area contributed by atoms with E-state index in [9.17, 15) is 4.79 Å². The highest BCUT2D eigenvalue weighted by atomic mass is 79.9. The van der Waals surface area contributed by atoms with Crippen molar-refractivity contribution in [1.29, 1.82) is 0 Å². The number of amides is 1. The fourth-order valence-electron chi connectivity index (χ4n) is 3.04. The highest BCUT2D eigenvalue weighted by Crippen LogP contribution is 2.42. The Balaban J connectivity index is 1.48. The van der Waals surface area contributed by atoms with Crippen molar-refractivity contribution >= 4 is 21.8 Å². The minimum Gasteiger partial charge on any atom is -0.475 e. The number of hydrogen-bond donors (Lipinski definition) is 1. The highest BCUT2D eigenvalue weighted by Gasteiger charge is 2.34. The zero-order valence-corrected chi connectivity index (χ0v) is 17.9. The molecule has 0 unspecified atom stereocenters. The van der Waals surface area contributed by atoms with Gasteiger partial charge in [-0.3, -0.25) is 4.79 Å². The standard InChI is InChI=1S/C21H22BrN5O2/c1-13(2)29-18-10-3-14(11-23-18)12-24-21(28)19-20(15-4-5-15)27(26-25-19)17-8-6-16(22)7-9-17/h3,6-11,13,15H,4-5,12H2,1-2H3,(H,24,28). The monoisotopic (exact) mass is 455 g/mol. The first-order valence-corrected chi connectivity index (χ1v) is 10.4. The van der Waals surface area contributed by atoms with Gasteiger partial charge in [0, 0.05) is 29.2 Å². The van der Waals surface area contributed by atoms with Gasteiger partial charge in [0.1, 0.15) is 0 Å². The van der Waals surface area contributed by atoms with Gasteiger partial charge in [-0.1, -0.05) is 27.2 Å². The summed E-state index contributed by atoms with van der Waals surface area (Å²) in [6.07, 6.45) is 3.87. The number of nitrogens with zero attached hydrogens (tertiary/aromatic N) is 4. The van der Waals surface area contributed by atoms with Crippen LogP contribution in [-0.2, 0) is 6.54 Å². The number of pyridine rings is 1. The van der Waals surface area contributed by atoms with Crippen LogP contribution >= 0.6 is 15.9 Å². The molecular weight excluding hydrogens is 434 g/mol. The number of halogens is 1. The van der Waals surface area contributed by atoms with E-state index < -0.39 is 0 Å². The zero-order chi connectivity index (χ0) is 20.4. The Morgan fingerprint density at radius 3 is 2.62 bits per heavy atom. The Labute approximate surface area is 177 Å². The first-order chi connectivity index (χ1) is 14.0. The summed E-state index contributed by atoms with van der Waals surface area (Å²) in [5.41, 5.74) is 3.06. The lowest BCUT2D eigenvalue weighted by atomic mass is 10.2. The molecule has 29 heavy (non-hydrogen) atoms. The molecule has 4 rings (SSSR count). The highest BCUT2D eigenvalue weighted by molar-refractivity contribution is 9.10. The largest absolute Gasteiger partial charge is 0.475 e. The molecule has 3 aromatic rings. The Hall–Kier alpha value is -2.74. The number of aromatic nitrogens is 4. The van der Waals surface area contributed by atoms with E-state index in [1.807, 2.05) is 44.2 Å². The Morgan fingerprint density at radius 1 is 1.24 bits per heavy atom. The number of carbonyl (C=O) groups excluding carboxylic acids is 1. The summed E-state index contributed by atoms with van der Waals surface area (Å²) < 4.78 is 8.31. The molecule has 1 N–H and O–H groups in total. The Morgan fingerprint density at radius 2 is 2.00 bits per heavy atom. The van der Waals surface area contributed by atoms with Crippen LogP contribution in [0.25, 0.3) is 5.69 Å². The second-order valence-corrected chi connectivity index (χ2v) is 8.26. The van der Waals surface area contributed by atoms with Crippen LogP contribution in [0.3, 0.4) is 0 Å². The van der Waals surface area contributed by atoms with Crippen LogP contribution in [0.2, 0.25) is 0 Å². The van der Waals surface area contributed by atoms with Gasteiger partial charge in [0.05, 0.1) is 17.5 Å². The first kappa shape index (κ1) is 19.6. The summed E-state index contributed by atoms with van der Waals surface area (Å²) in [6, 6.07) is 11.5. The van der Waals surface area contributed by atoms with Crippen LogP contribution in [-0.4, -0.2) is 32.0 Å². The Bertz CT molecular complexity index is 995. The molecule has 0 bridgehead atoms. The van der Waals surface area contributed by atoms with E-state index in [1.165, 1.54) is 0 Å². The molecule has 7 nitrogen and oxygen atoms in total. The van der Waals surface area contributed by atoms with Crippen LogP contribution in [0.1, 0.15) is 54.4 Å². The van der Waals surface area contributed by atoms with Gasteiger partial charge in [0.25, 0.3) is 5.91 Å². The summed E-state index contributed by atoms with van der Waals surface area (Å²) in [5, 5.41) is 11.4. The molecule has 0 radical (unpaired) electrons. The molecule has 150 valence electrons. The van der Waals surface area contributed by atoms with Crippen LogP contribution in [0.5, 0.6) is 5.88 Å². The van der Waals surface area contributed by atoms with Crippen LogP contribution in [0.15, 0.2) is 47.1 Å². The lowest BCUT2D eigenvalue weighted by molar-refractivity contribution is 0.0944. The molecule has 1 amide bonds. The van der Waals surface area contributed by atoms with Gasteiger partial charge in [0.15, 0.2) is 5.69 Å². The predicted octanol–water partition coefficient (Wildman–Crippen LogP) is 4.02. The summed E-state index contributed by atoms with van der Waals surface area (Å²) in [4.78, 5) is 17.1. The van der Waals surface area contributed by atoms with E-state index in [2.05, 4.69) is 36.5 Å². The summed E-state index contributed by atoms with van der Waals surface area (Å²) in [7, 11) is 0. The number of benzene rings is 1. The fraction of sp³-hybridized carbons (Fsp3) is 0.333. The van der Waals surface area contributed by atoms with Gasteiger partial charge in [-0.15, -0.1) is 5.10 Å². The van der Waals surface area contributed by atoms with Gasteiger partial charge in [-0.25, -0.2) is 9.67 Å². The molecule has 0 aliphatic heterocycles. The third kappa shape index (κ3) is 4.64. The quantitative estimate of drug-likeness (QED) is 0.581. The van der Waals surface area contributed by atoms with Crippen molar-refractivity contribution < 1.29 is 9.53 Å². The number of nitrogens with one attached hydrogen (secondary N) is 1. The molecule has 1 saturated carbocycles. The van der Waals surface area contributed by atoms with Crippen molar-refractivity contribution in [1.82, 2.24) is 25.3 Å². The van der Waals surface area contributed by atoms with E-state index in [-0.39, 0.29) is 12.0 Å². The minimum atomic E-state index is -0.224. The topological polar surface area (TPSA) is 81.9 Å². The van der Waals surface area contributed by atoms with E-state index >= 15 is 0 Å². The van der Waals surface area contributed by atoms with E-state index in [0.29, 0.717) is 24.0 Å². The third-order valence-electron chi connectivity index (χ3n) is 4.56. The maximum atomic E-state index is 12.8. The number of rotatable bonds is 7. The van der Waals surface area contributed by atoms with Crippen molar-refractivity contribution in [3.8, 4) is 11.6 Å². The summed E-state index contributed by atoms with van der Waals surface area (Å²) in [6.45, 7) is 4.27. The second kappa shape index (κ2) is 8.32. The lowest BCUT2D eigenvalue weighted by Gasteiger charge is -2.10. The van der Waals surface area contributed by atoms with Crippen molar-refractivity contribution in [3.63, 3.8) is 0 Å². The molecule has 1 fully saturated rings. The maximum Gasteiger partial charge on any atom is 0.274 e. The van der Waals surface area contributed by atoms with Gasteiger partial charge < -0.3 is 10.1 Å². The molecule has 1 aliphatic carbocycles. The molecule has 1 aromatic carbocycles. The zero-order valence-electron chi connectivity index (χ0n) is 16.3. The van der Waals surface area contributed by atoms with Gasteiger partial charge >= 0.3 is 0 Å². The number of hydrogen-bond acceptors (Lipinski definition) is 5. The van der Waals surface area contributed by atoms with E-state index in [0.717, 1.165) is 34.3 Å². The summed E-state index contributed by atoms with van der Waals surface area (Å²) >= 11 is 3.44. The third-order valence-corrected chi connectivity index (χ3v) is 5.09. The van der Waals surface area contributed by atoms with Crippen molar-refractivity contribution in [2.45, 2.75) is 45.3 Å². The molecular formula is C21H22BrN5O2. The SMILES string of the molecule is CC(C)Oc1ccc(CNC(=O)c2nnn(-c3ccc(Br)cc3)c2C2CC2)cn1. The van der Waals surface area contributed by atoms with Crippen molar-refractivity contribution in [2.75, 3.05) is 0 Å². The second-order valence-electron chi connectivity index (χ2n) is 7.34. The molecule has 0 atom stereocenters. The minimum absolute atomic E-state index is 0.0715. The average Bonchev–Trinajstić information content (AvgIpc) is 3.45. The fourth-order valence-corrected chi connectivity index (χ4v) is 3.30. The average molecular weight is 456 g/mol. The lowest BCUT2D eigenvalue weighted by Crippen LogP contribution is -2.24. The van der Waals surface area contributed by atoms with Crippen LogP contribution in [0.4, 0.5) is 0 Å². The van der Waals surface area contributed by atoms with Crippen LogP contribution < -0.4 is 10.1 Å². The maximum absolute atomic E-state index is 12.8. The normalized spacial score (nSPS) is 13.5. The van der Waals surface area contributed by atoms with E-state index in [1.54, 1.807) is 16.9 Å². The molecule has 2 aromatic heterocycles. The molecule has 1 aliphatic rings. The van der Waals surface area contributed by atoms with Crippen molar-refractivity contribution in [2.24, 2.45) is 0 Å². The molecule has 2 heterocycles. The first-order valence-electron chi connectivity index (χ1n) is 9.62. The molecule has 0 saturated heterocycles. The molecule has 0 spiro atoms. The van der Waals surface area contributed by atoms with Gasteiger partial charge in [-0.2, -0.15) is 0 Å². The number of ether oxygens (including phenoxy) is 1. The van der Waals surface area contributed by atoms with Crippen LogP contribution in [0, 0.1) is 0 Å². The van der Waals surface area contributed by atoms with E-state index in [4.69, 9.17) is 4.74 Å². The summed E-state index contributed by atoms with van der Waals surface area (Å²) in [5.74, 6) is 0.671. The smallest absolute Gasteiger partial charge is 0.274 e. The number of carbonyl (C=O) groups is 1. The Kier molecular flexibility index (Phi) is 5.62. The molecule has 8 heteroatoms.